The predicted molar refractivity (Wildman–Crippen MR) is 59.9 cm³/mol. The van der Waals surface area contributed by atoms with E-state index in [9.17, 15) is 0 Å². The molecule has 0 bridgehead atoms. The first-order chi connectivity index (χ1) is 6.84. The van der Waals surface area contributed by atoms with Crippen molar-refractivity contribution in [1.82, 2.24) is 10.2 Å². The minimum Gasteiger partial charge on any atom is -0.314 e. The smallest absolute Gasteiger partial charge is 0.0569 e. The molecule has 0 saturated carbocycles. The maximum absolute atomic E-state index is 3.50. The Morgan fingerprint density at radius 3 is 3.36 bits per heavy atom. The zero-order valence-electron chi connectivity index (χ0n) is 8.55. The molecule has 3 rings (SSSR count). The molecule has 1 aromatic rings. The molecule has 1 aromatic heterocycles. The molecule has 2 nitrogen and oxygen atoms in total. The van der Waals surface area contributed by atoms with Crippen LogP contribution in [0.4, 0.5) is 0 Å². The summed E-state index contributed by atoms with van der Waals surface area (Å²) in [5, 5.41) is 3.50. The van der Waals surface area contributed by atoms with Gasteiger partial charge in [0.05, 0.1) is 6.04 Å². The summed E-state index contributed by atoms with van der Waals surface area (Å²) < 4.78 is 0. The lowest BCUT2D eigenvalue weighted by atomic mass is 10.00. The second-order valence-corrected chi connectivity index (χ2v) is 5.54. The van der Waals surface area contributed by atoms with E-state index in [1.54, 1.807) is 10.4 Å². The molecule has 1 unspecified atom stereocenters. The van der Waals surface area contributed by atoms with E-state index < -0.39 is 0 Å². The van der Waals surface area contributed by atoms with E-state index in [0.717, 1.165) is 13.1 Å². The van der Waals surface area contributed by atoms with Gasteiger partial charge >= 0.3 is 0 Å². The molecule has 14 heavy (non-hydrogen) atoms. The zero-order valence-corrected chi connectivity index (χ0v) is 9.36. The Bertz CT molecular complexity index is 345. The largest absolute Gasteiger partial charge is 0.314 e. The van der Waals surface area contributed by atoms with Crippen LogP contribution < -0.4 is 5.32 Å². The Labute approximate surface area is 88.9 Å². The first-order valence-electron chi connectivity index (χ1n) is 5.38. The van der Waals surface area contributed by atoms with Gasteiger partial charge in [0.1, 0.15) is 0 Å². The van der Waals surface area contributed by atoms with E-state index in [2.05, 4.69) is 23.2 Å². The van der Waals surface area contributed by atoms with Gasteiger partial charge in [-0.05, 0) is 25.0 Å². The number of fused-ring (bicyclic) bond motifs is 3. The number of thiophene rings is 1. The Kier molecular flexibility index (Phi) is 2.11. The molecule has 1 N–H and O–H groups in total. The quantitative estimate of drug-likeness (QED) is 0.696. The average Bonchev–Trinajstić information content (AvgIpc) is 2.59. The minimum absolute atomic E-state index is 0.672. The number of hydrogen-bond acceptors (Lipinski definition) is 3. The van der Waals surface area contributed by atoms with Crippen molar-refractivity contribution >= 4 is 11.3 Å². The molecule has 0 amide bonds. The Hall–Kier alpha value is -0.380. The minimum atomic E-state index is 0.672. The van der Waals surface area contributed by atoms with E-state index in [0.29, 0.717) is 6.04 Å². The molecule has 3 heteroatoms. The number of aryl methyl sites for hydroxylation is 1. The van der Waals surface area contributed by atoms with Crippen LogP contribution >= 0.6 is 11.3 Å². The normalized spacial score (nSPS) is 27.1. The van der Waals surface area contributed by atoms with Gasteiger partial charge in [0, 0.05) is 35.9 Å². The number of piperazine rings is 1. The standard InChI is InChI=1S/C11H16N2S/c1-8-6-9-2-4-13-5-3-12-7-10(13)11(9)14-8/h6,10,12H,2-5,7H2,1H3. The lowest BCUT2D eigenvalue weighted by molar-refractivity contribution is 0.155. The highest BCUT2D eigenvalue weighted by Crippen LogP contribution is 2.36. The van der Waals surface area contributed by atoms with Crippen molar-refractivity contribution in [3.8, 4) is 0 Å². The third kappa shape index (κ3) is 1.31. The number of hydrogen-bond donors (Lipinski definition) is 1. The second-order valence-electron chi connectivity index (χ2n) is 4.25. The third-order valence-corrected chi connectivity index (χ3v) is 4.48. The van der Waals surface area contributed by atoms with Crippen molar-refractivity contribution < 1.29 is 0 Å². The van der Waals surface area contributed by atoms with Crippen LogP contribution in [0.5, 0.6) is 0 Å². The van der Waals surface area contributed by atoms with Crippen LogP contribution in [0.2, 0.25) is 0 Å². The molecule has 1 saturated heterocycles. The van der Waals surface area contributed by atoms with Gasteiger partial charge < -0.3 is 5.32 Å². The van der Waals surface area contributed by atoms with E-state index in [1.807, 2.05) is 11.3 Å². The molecule has 76 valence electrons. The summed E-state index contributed by atoms with van der Waals surface area (Å²) in [6.45, 7) is 7.02. The van der Waals surface area contributed by atoms with Gasteiger partial charge in [0.2, 0.25) is 0 Å². The van der Waals surface area contributed by atoms with E-state index in [4.69, 9.17) is 0 Å². The maximum atomic E-state index is 3.50. The average molecular weight is 208 g/mol. The molecule has 1 fully saturated rings. The van der Waals surface area contributed by atoms with Gasteiger partial charge in [-0.25, -0.2) is 0 Å². The molecule has 0 radical (unpaired) electrons. The third-order valence-electron chi connectivity index (χ3n) is 3.29. The van der Waals surface area contributed by atoms with E-state index >= 15 is 0 Å². The van der Waals surface area contributed by atoms with Crippen LogP contribution in [0.15, 0.2) is 6.07 Å². The summed E-state index contributed by atoms with van der Waals surface area (Å²) in [5.74, 6) is 0. The lowest BCUT2D eigenvalue weighted by Crippen LogP contribution is -2.48. The second kappa shape index (κ2) is 3.33. The van der Waals surface area contributed by atoms with Gasteiger partial charge in [0.15, 0.2) is 0 Å². The number of nitrogens with one attached hydrogen (secondary N) is 1. The predicted octanol–water partition coefficient (Wildman–Crippen LogP) is 1.56. The van der Waals surface area contributed by atoms with Crippen LogP contribution in [0.3, 0.4) is 0 Å². The van der Waals surface area contributed by atoms with Crippen molar-refractivity contribution in [1.29, 1.82) is 0 Å². The van der Waals surface area contributed by atoms with Gasteiger partial charge in [-0.3, -0.25) is 4.90 Å². The van der Waals surface area contributed by atoms with Gasteiger partial charge in [-0.1, -0.05) is 0 Å². The summed E-state index contributed by atoms with van der Waals surface area (Å²) in [5.41, 5.74) is 1.61. The molecule has 0 aromatic carbocycles. The fourth-order valence-corrected chi connectivity index (χ4v) is 3.81. The van der Waals surface area contributed by atoms with Crippen molar-refractivity contribution in [2.45, 2.75) is 19.4 Å². The molecule has 0 aliphatic carbocycles. The lowest BCUT2D eigenvalue weighted by Gasteiger charge is -2.39. The Morgan fingerprint density at radius 1 is 1.50 bits per heavy atom. The SMILES string of the molecule is Cc1cc2c(s1)C1CNCCN1CC2. The highest BCUT2D eigenvalue weighted by molar-refractivity contribution is 7.12. The zero-order chi connectivity index (χ0) is 9.54. The van der Waals surface area contributed by atoms with Crippen molar-refractivity contribution in [2.75, 3.05) is 26.2 Å². The molecule has 0 spiro atoms. The monoisotopic (exact) mass is 208 g/mol. The summed E-state index contributed by atoms with van der Waals surface area (Å²) in [4.78, 5) is 5.73. The van der Waals surface area contributed by atoms with Crippen molar-refractivity contribution in [3.63, 3.8) is 0 Å². The topological polar surface area (TPSA) is 15.3 Å². The van der Waals surface area contributed by atoms with Crippen LogP contribution in [0, 0.1) is 6.92 Å². The fraction of sp³-hybridized carbons (Fsp3) is 0.636. The van der Waals surface area contributed by atoms with Gasteiger partial charge in [-0.15, -0.1) is 11.3 Å². The summed E-state index contributed by atoms with van der Waals surface area (Å²) >= 11 is 1.99. The Balaban J connectivity index is 1.98. The van der Waals surface area contributed by atoms with Gasteiger partial charge in [-0.2, -0.15) is 0 Å². The van der Waals surface area contributed by atoms with Crippen LogP contribution in [0.25, 0.3) is 0 Å². The molecule has 1 atom stereocenters. The molecule has 3 heterocycles. The highest BCUT2D eigenvalue weighted by atomic mass is 32.1. The van der Waals surface area contributed by atoms with Crippen LogP contribution in [-0.2, 0) is 6.42 Å². The first-order valence-corrected chi connectivity index (χ1v) is 6.20. The van der Waals surface area contributed by atoms with Gasteiger partial charge in [0.25, 0.3) is 0 Å². The Morgan fingerprint density at radius 2 is 2.43 bits per heavy atom. The molecule has 2 aliphatic rings. The summed E-state index contributed by atoms with van der Waals surface area (Å²) in [6.07, 6.45) is 1.26. The van der Waals surface area contributed by atoms with Crippen LogP contribution in [-0.4, -0.2) is 31.1 Å². The molecule has 2 aliphatic heterocycles. The van der Waals surface area contributed by atoms with E-state index in [-0.39, 0.29) is 0 Å². The summed E-state index contributed by atoms with van der Waals surface area (Å²) in [6, 6.07) is 3.05. The molecular weight excluding hydrogens is 192 g/mol. The number of nitrogens with zero attached hydrogens (tertiary/aromatic N) is 1. The van der Waals surface area contributed by atoms with E-state index in [1.165, 1.54) is 24.4 Å². The fourth-order valence-electron chi connectivity index (χ4n) is 2.60. The first kappa shape index (κ1) is 8.89. The van der Waals surface area contributed by atoms with Crippen molar-refractivity contribution in [3.05, 3.63) is 21.4 Å². The molecular formula is C11H16N2S. The summed E-state index contributed by atoms with van der Waals surface area (Å²) in [7, 11) is 0. The number of rotatable bonds is 0. The van der Waals surface area contributed by atoms with Crippen molar-refractivity contribution in [2.24, 2.45) is 0 Å². The van der Waals surface area contributed by atoms with Crippen LogP contribution in [0.1, 0.15) is 21.4 Å². The highest BCUT2D eigenvalue weighted by Gasteiger charge is 2.30. The maximum Gasteiger partial charge on any atom is 0.0569 e.